The predicted molar refractivity (Wildman–Crippen MR) is 89.9 cm³/mol. The molecular formula is C18H25N3O2. The smallest absolute Gasteiger partial charge is 0.244 e. The van der Waals surface area contributed by atoms with Crippen molar-refractivity contribution in [3.63, 3.8) is 0 Å². The van der Waals surface area contributed by atoms with Crippen LogP contribution in [0.1, 0.15) is 19.3 Å². The van der Waals surface area contributed by atoms with E-state index in [1.165, 1.54) is 0 Å². The number of benzene rings is 1. The van der Waals surface area contributed by atoms with Crippen LogP contribution in [0.5, 0.6) is 5.75 Å². The molecule has 23 heavy (non-hydrogen) atoms. The Bertz CT molecular complexity index is 598. The zero-order chi connectivity index (χ0) is 16.0. The second kappa shape index (κ2) is 5.80. The monoisotopic (exact) mass is 315 g/mol. The number of anilines is 1. The summed E-state index contributed by atoms with van der Waals surface area (Å²) in [7, 11) is 4.04. The van der Waals surface area contributed by atoms with E-state index in [2.05, 4.69) is 16.8 Å². The van der Waals surface area contributed by atoms with Gasteiger partial charge in [0.25, 0.3) is 0 Å². The fourth-order valence-corrected chi connectivity index (χ4v) is 4.24. The number of piperidine rings is 1. The Balaban J connectivity index is 1.61. The molecule has 1 aromatic rings. The first kappa shape index (κ1) is 15.0. The van der Waals surface area contributed by atoms with Gasteiger partial charge >= 0.3 is 0 Å². The van der Waals surface area contributed by atoms with Crippen LogP contribution in [0.2, 0.25) is 0 Å². The first-order chi connectivity index (χ1) is 11.1. The molecule has 3 heterocycles. The number of amides is 1. The van der Waals surface area contributed by atoms with Crippen LogP contribution >= 0.6 is 0 Å². The Hall–Kier alpha value is -1.59. The minimum absolute atomic E-state index is 0.0354. The van der Waals surface area contributed by atoms with Gasteiger partial charge in [-0.15, -0.1) is 0 Å². The minimum atomic E-state index is -0.0354. The Labute approximate surface area is 137 Å². The van der Waals surface area contributed by atoms with Crippen molar-refractivity contribution in [3.05, 3.63) is 24.3 Å². The fourth-order valence-electron chi connectivity index (χ4n) is 4.24. The lowest BCUT2D eigenvalue weighted by Gasteiger charge is -2.38. The molecule has 0 N–H and O–H groups in total. The van der Waals surface area contributed by atoms with E-state index in [1.807, 2.05) is 31.3 Å². The van der Waals surface area contributed by atoms with E-state index in [0.29, 0.717) is 6.04 Å². The van der Waals surface area contributed by atoms with E-state index < -0.39 is 0 Å². The third-order valence-electron chi connectivity index (χ3n) is 5.59. The molecule has 124 valence electrons. The normalized spacial score (nSPS) is 29.8. The van der Waals surface area contributed by atoms with Crippen molar-refractivity contribution in [2.75, 3.05) is 38.6 Å². The molecule has 1 aromatic carbocycles. The Morgan fingerprint density at radius 1 is 1.13 bits per heavy atom. The number of fused-ring (bicyclic) bond motifs is 3. The van der Waals surface area contributed by atoms with E-state index in [1.54, 1.807) is 4.90 Å². The maximum absolute atomic E-state index is 13.1. The number of para-hydroxylation sites is 2. The lowest BCUT2D eigenvalue weighted by Crippen LogP contribution is -2.51. The zero-order valence-electron chi connectivity index (χ0n) is 13.9. The third-order valence-corrected chi connectivity index (χ3v) is 5.59. The van der Waals surface area contributed by atoms with Gasteiger partial charge in [-0.25, -0.2) is 0 Å². The lowest BCUT2D eigenvalue weighted by atomic mass is 10.0. The van der Waals surface area contributed by atoms with E-state index in [9.17, 15) is 4.79 Å². The molecule has 0 saturated carbocycles. The second-order valence-corrected chi connectivity index (χ2v) is 7.09. The quantitative estimate of drug-likeness (QED) is 0.788. The molecule has 2 fully saturated rings. The molecule has 2 saturated heterocycles. The van der Waals surface area contributed by atoms with Crippen LogP contribution in [0.4, 0.5) is 5.69 Å². The van der Waals surface area contributed by atoms with Crippen molar-refractivity contribution >= 4 is 11.6 Å². The first-order valence-corrected chi connectivity index (χ1v) is 8.61. The molecule has 0 spiro atoms. The van der Waals surface area contributed by atoms with Crippen LogP contribution < -0.4 is 9.64 Å². The van der Waals surface area contributed by atoms with Crippen molar-refractivity contribution in [2.24, 2.45) is 0 Å². The van der Waals surface area contributed by atoms with Crippen molar-refractivity contribution in [1.82, 2.24) is 9.80 Å². The highest BCUT2D eigenvalue weighted by Gasteiger charge is 2.44. The zero-order valence-corrected chi connectivity index (χ0v) is 13.9. The van der Waals surface area contributed by atoms with Crippen LogP contribution in [0, 0.1) is 0 Å². The summed E-state index contributed by atoms with van der Waals surface area (Å²) in [5.74, 6) is 1.04. The molecule has 0 radical (unpaired) electrons. The van der Waals surface area contributed by atoms with Crippen molar-refractivity contribution in [3.8, 4) is 5.75 Å². The number of carbonyl (C=O) groups is 1. The van der Waals surface area contributed by atoms with Crippen LogP contribution in [0.15, 0.2) is 24.3 Å². The number of rotatable bonds is 1. The molecular weight excluding hydrogens is 290 g/mol. The summed E-state index contributed by atoms with van der Waals surface area (Å²) in [4.78, 5) is 19.6. The minimum Gasteiger partial charge on any atom is -0.487 e. The summed E-state index contributed by atoms with van der Waals surface area (Å²) in [6.45, 7) is 3.10. The largest absolute Gasteiger partial charge is 0.487 e. The molecule has 2 atom stereocenters. The molecule has 0 aromatic heterocycles. The fraction of sp³-hybridized carbons (Fsp3) is 0.611. The molecule has 5 nitrogen and oxygen atoms in total. The third kappa shape index (κ3) is 2.62. The molecule has 2 bridgehead atoms. The van der Waals surface area contributed by atoms with Crippen LogP contribution in [-0.2, 0) is 4.79 Å². The molecule has 5 heteroatoms. The highest BCUT2D eigenvalue weighted by atomic mass is 16.5. The maximum Gasteiger partial charge on any atom is 0.244 e. The average Bonchev–Trinajstić information content (AvgIpc) is 2.98. The van der Waals surface area contributed by atoms with Crippen molar-refractivity contribution < 1.29 is 9.53 Å². The predicted octanol–water partition coefficient (Wildman–Crippen LogP) is 1.58. The summed E-state index contributed by atoms with van der Waals surface area (Å²) in [6, 6.07) is 8.34. The Morgan fingerprint density at radius 3 is 2.65 bits per heavy atom. The molecule has 3 aliphatic heterocycles. The van der Waals surface area contributed by atoms with Gasteiger partial charge in [0.2, 0.25) is 5.91 Å². The number of nitrogens with zero attached hydrogens (tertiary/aromatic N) is 3. The highest BCUT2D eigenvalue weighted by molar-refractivity contribution is 5.98. The summed E-state index contributed by atoms with van der Waals surface area (Å²) in [5.41, 5.74) is 0.887. The Morgan fingerprint density at radius 2 is 1.87 bits per heavy atom. The topological polar surface area (TPSA) is 36.0 Å². The van der Waals surface area contributed by atoms with E-state index in [-0.39, 0.29) is 18.1 Å². The van der Waals surface area contributed by atoms with E-state index >= 15 is 0 Å². The van der Waals surface area contributed by atoms with Gasteiger partial charge in [-0.05, 0) is 45.1 Å². The Kier molecular flexibility index (Phi) is 3.77. The van der Waals surface area contributed by atoms with E-state index in [4.69, 9.17) is 4.74 Å². The number of hydrogen-bond donors (Lipinski definition) is 0. The molecule has 4 rings (SSSR count). The number of likely N-dealkylation sites (tertiary alicyclic amines) is 2. The summed E-state index contributed by atoms with van der Waals surface area (Å²) < 4.78 is 6.24. The summed E-state index contributed by atoms with van der Waals surface area (Å²) in [6.07, 6.45) is 3.22. The second-order valence-electron chi connectivity index (χ2n) is 7.09. The first-order valence-electron chi connectivity index (χ1n) is 8.61. The standard InChI is InChI=1S/C18H25N3O2/c1-19-9-7-13(8-10-19)21-12-14-11-16(21)18(22)20(2)15-5-3-4-6-17(15)23-14/h3-6,13-14,16H,7-12H2,1-2H3. The van der Waals surface area contributed by atoms with Gasteiger partial charge in [0.1, 0.15) is 11.9 Å². The SMILES string of the molecule is CN1CCC(N2CC3CC2C(=O)N(C)c2ccccc2O3)CC1. The number of hydrogen-bond acceptors (Lipinski definition) is 4. The molecule has 3 aliphatic rings. The summed E-state index contributed by atoms with van der Waals surface area (Å²) >= 11 is 0. The lowest BCUT2D eigenvalue weighted by molar-refractivity contribution is -0.123. The van der Waals surface area contributed by atoms with Gasteiger partial charge in [0.05, 0.1) is 11.7 Å². The van der Waals surface area contributed by atoms with Gasteiger partial charge in [-0.3, -0.25) is 9.69 Å². The van der Waals surface area contributed by atoms with Gasteiger partial charge < -0.3 is 14.5 Å². The number of likely N-dealkylation sites (N-methyl/N-ethyl adjacent to an activating group) is 1. The number of ether oxygens (including phenoxy) is 1. The molecule has 0 aliphatic carbocycles. The van der Waals surface area contributed by atoms with Crippen LogP contribution in [0.25, 0.3) is 0 Å². The summed E-state index contributed by atoms with van der Waals surface area (Å²) in [5, 5.41) is 0. The van der Waals surface area contributed by atoms with Crippen LogP contribution in [0.3, 0.4) is 0 Å². The van der Waals surface area contributed by atoms with Crippen LogP contribution in [-0.4, -0.2) is 67.6 Å². The molecule has 1 amide bonds. The highest BCUT2D eigenvalue weighted by Crippen LogP contribution is 2.37. The van der Waals surface area contributed by atoms with Gasteiger partial charge in [-0.2, -0.15) is 0 Å². The van der Waals surface area contributed by atoms with Gasteiger partial charge in [-0.1, -0.05) is 12.1 Å². The number of carbonyl (C=O) groups excluding carboxylic acids is 1. The average molecular weight is 315 g/mol. The van der Waals surface area contributed by atoms with Gasteiger partial charge in [0.15, 0.2) is 0 Å². The maximum atomic E-state index is 13.1. The van der Waals surface area contributed by atoms with E-state index in [0.717, 1.165) is 50.3 Å². The van der Waals surface area contributed by atoms with Crippen molar-refractivity contribution in [1.29, 1.82) is 0 Å². The molecule has 2 unspecified atom stereocenters. The van der Waals surface area contributed by atoms with Crippen molar-refractivity contribution in [2.45, 2.75) is 37.5 Å². The van der Waals surface area contributed by atoms with Gasteiger partial charge in [0, 0.05) is 26.1 Å².